The topological polar surface area (TPSA) is 140 Å². The van der Waals surface area contributed by atoms with Gasteiger partial charge in [0.15, 0.2) is 6.23 Å². The molecule has 0 heterocycles. The third kappa shape index (κ3) is 9.45. The molecule has 0 radical (unpaired) electrons. The van der Waals surface area contributed by atoms with Crippen LogP contribution in [0.2, 0.25) is 0 Å². The van der Waals surface area contributed by atoms with Crippen molar-refractivity contribution in [1.29, 1.82) is 0 Å². The molecule has 0 saturated carbocycles. The molecule has 2 unspecified atom stereocenters. The zero-order valence-electron chi connectivity index (χ0n) is 13.9. The quantitative estimate of drug-likeness (QED) is 0.246. The fourth-order valence-electron chi connectivity index (χ4n) is 1.35. The van der Waals surface area contributed by atoms with Crippen LogP contribution in [0.1, 0.15) is 6.42 Å². The first-order chi connectivity index (χ1) is 12.2. The number of carbonyl (C=O) groups excluding carboxylic acids is 5. The molecule has 26 heavy (non-hydrogen) atoms. The van der Waals surface area contributed by atoms with E-state index in [1.54, 1.807) is 0 Å². The summed E-state index contributed by atoms with van der Waals surface area (Å²) < 4.78 is 9.54. The van der Waals surface area contributed by atoms with Gasteiger partial charge < -0.3 is 20.1 Å². The third-order valence-corrected chi connectivity index (χ3v) is 2.44. The summed E-state index contributed by atoms with van der Waals surface area (Å²) in [5.41, 5.74) is 0. The molecule has 0 rings (SSSR count). The maximum absolute atomic E-state index is 12.0. The molecule has 3 amide bonds. The maximum Gasteiger partial charge on any atom is 0.333 e. The molecule has 140 valence electrons. The number of hydrogen-bond donors (Lipinski definition) is 3. The highest BCUT2D eigenvalue weighted by molar-refractivity contribution is 5.89. The number of nitrogens with one attached hydrogen (secondary N) is 3. The van der Waals surface area contributed by atoms with Gasteiger partial charge >= 0.3 is 11.9 Å². The molecule has 0 aromatic carbocycles. The Morgan fingerprint density at radius 2 is 1.23 bits per heavy atom. The first-order valence-electron chi connectivity index (χ1n) is 7.07. The van der Waals surface area contributed by atoms with Crippen LogP contribution in [0.4, 0.5) is 0 Å². The summed E-state index contributed by atoms with van der Waals surface area (Å²) in [5, 5.41) is 6.49. The number of hydrogen-bond acceptors (Lipinski definition) is 7. The minimum atomic E-state index is -1.54. The largest absolute Gasteiger partial charge is 0.438 e. The second-order valence-electron chi connectivity index (χ2n) is 4.35. The fourth-order valence-corrected chi connectivity index (χ4v) is 1.35. The van der Waals surface area contributed by atoms with Gasteiger partial charge in [0.1, 0.15) is 0 Å². The summed E-state index contributed by atoms with van der Waals surface area (Å²) in [5.74, 6) is -4.07. The molecule has 0 fully saturated rings. The number of carbonyl (C=O) groups is 5. The van der Waals surface area contributed by atoms with E-state index in [4.69, 9.17) is 9.47 Å². The Balaban J connectivity index is 5.02. The lowest BCUT2D eigenvalue weighted by Crippen LogP contribution is -2.51. The van der Waals surface area contributed by atoms with E-state index in [0.29, 0.717) is 0 Å². The molecule has 3 N–H and O–H groups in total. The van der Waals surface area contributed by atoms with E-state index in [2.05, 4.69) is 42.3 Å². The molecule has 0 spiro atoms. The van der Waals surface area contributed by atoms with E-state index in [-0.39, 0.29) is 0 Å². The van der Waals surface area contributed by atoms with Gasteiger partial charge in [0.05, 0.1) is 6.42 Å². The summed E-state index contributed by atoms with van der Waals surface area (Å²) in [4.78, 5) is 57.2. The molecule has 0 aromatic heterocycles. The van der Waals surface area contributed by atoms with Crippen molar-refractivity contribution in [1.82, 2.24) is 16.0 Å². The number of amides is 3. The Bertz CT molecular complexity index is 531. The van der Waals surface area contributed by atoms with Crippen molar-refractivity contribution in [3.8, 4) is 0 Å². The number of ether oxygens (including phenoxy) is 2. The van der Waals surface area contributed by atoms with Crippen molar-refractivity contribution < 1.29 is 33.4 Å². The predicted octanol–water partition coefficient (Wildman–Crippen LogP) is -0.835. The first-order valence-corrected chi connectivity index (χ1v) is 7.07. The molecule has 0 aliphatic heterocycles. The van der Waals surface area contributed by atoms with Crippen LogP contribution in [0, 0.1) is 0 Å². The Hall–Kier alpha value is -3.69. The minimum Gasteiger partial charge on any atom is -0.438 e. The van der Waals surface area contributed by atoms with E-state index >= 15 is 0 Å². The molecule has 10 heteroatoms. The van der Waals surface area contributed by atoms with Crippen LogP contribution in [-0.2, 0) is 33.4 Å². The van der Waals surface area contributed by atoms with Gasteiger partial charge in [-0.15, -0.1) is 0 Å². The monoisotopic (exact) mass is 365 g/mol. The summed E-state index contributed by atoms with van der Waals surface area (Å²) in [7, 11) is 0. The van der Waals surface area contributed by atoms with Crippen LogP contribution in [0.15, 0.2) is 50.6 Å². The second kappa shape index (κ2) is 11.8. The number of rotatable bonds is 11. The van der Waals surface area contributed by atoms with Crippen LogP contribution in [0.3, 0.4) is 0 Å². The minimum absolute atomic E-state index is 0.550. The van der Waals surface area contributed by atoms with Crippen LogP contribution in [0.25, 0.3) is 0 Å². The van der Waals surface area contributed by atoms with E-state index in [0.717, 1.165) is 24.3 Å². The average Bonchev–Trinajstić information content (AvgIpc) is 2.60. The fraction of sp³-hybridized carbons (Fsp3) is 0.188. The molecule has 0 aromatic rings. The molecule has 0 aliphatic rings. The summed E-state index contributed by atoms with van der Waals surface area (Å²) in [6.45, 7) is 12.8. The van der Waals surface area contributed by atoms with E-state index < -0.39 is 48.7 Å². The first kappa shape index (κ1) is 22.3. The van der Waals surface area contributed by atoms with Crippen LogP contribution in [-0.4, -0.2) is 42.2 Å². The van der Waals surface area contributed by atoms with Crippen molar-refractivity contribution in [2.45, 2.75) is 19.0 Å². The summed E-state index contributed by atoms with van der Waals surface area (Å²) in [6.07, 6.45) is 0.0139. The van der Waals surface area contributed by atoms with E-state index in [1.807, 2.05) is 0 Å². The lowest BCUT2D eigenvalue weighted by Gasteiger charge is -2.21. The standard InChI is InChI=1S/C16H19N3O7/c1-5-10(20)17-13(25-14(23)7-3)9-12(22)19-16(18-11(21)6-2)26-15(24)8-4/h5-8,13,16H,1-4,9H2,(H,17,20)(H,18,21)(H,19,22). The molecular weight excluding hydrogens is 346 g/mol. The van der Waals surface area contributed by atoms with Gasteiger partial charge in [-0.1, -0.05) is 26.3 Å². The Morgan fingerprint density at radius 3 is 1.73 bits per heavy atom. The summed E-state index contributed by atoms with van der Waals surface area (Å²) in [6, 6.07) is 0. The maximum atomic E-state index is 12.0. The van der Waals surface area contributed by atoms with Crippen molar-refractivity contribution in [2.24, 2.45) is 0 Å². The highest BCUT2D eigenvalue weighted by atomic mass is 16.6. The van der Waals surface area contributed by atoms with Crippen LogP contribution in [0.5, 0.6) is 0 Å². The highest BCUT2D eigenvalue weighted by Crippen LogP contribution is 1.99. The molecule has 0 saturated heterocycles. The van der Waals surface area contributed by atoms with Crippen LogP contribution < -0.4 is 16.0 Å². The van der Waals surface area contributed by atoms with Crippen LogP contribution >= 0.6 is 0 Å². The average molecular weight is 365 g/mol. The van der Waals surface area contributed by atoms with E-state index in [9.17, 15) is 24.0 Å². The SMILES string of the molecule is C=CC(=O)NC(CC(=O)NC(NC(=O)C=C)OC(=O)C=C)OC(=O)C=C. The van der Waals surface area contributed by atoms with Crippen molar-refractivity contribution in [3.63, 3.8) is 0 Å². The lowest BCUT2D eigenvalue weighted by atomic mass is 10.3. The van der Waals surface area contributed by atoms with Gasteiger partial charge in [0.25, 0.3) is 6.35 Å². The normalized spacial score (nSPS) is 11.5. The van der Waals surface area contributed by atoms with Gasteiger partial charge in [-0.2, -0.15) is 0 Å². The van der Waals surface area contributed by atoms with Gasteiger partial charge in [0.2, 0.25) is 17.7 Å². The van der Waals surface area contributed by atoms with Crippen molar-refractivity contribution in [3.05, 3.63) is 50.6 Å². The van der Waals surface area contributed by atoms with Crippen molar-refractivity contribution in [2.75, 3.05) is 0 Å². The molecular formula is C16H19N3O7. The Labute approximate surface area is 149 Å². The zero-order chi connectivity index (χ0) is 20.1. The Kier molecular flexibility index (Phi) is 10.1. The van der Waals surface area contributed by atoms with Gasteiger partial charge in [-0.3, -0.25) is 19.7 Å². The second-order valence-corrected chi connectivity index (χ2v) is 4.35. The molecule has 0 aliphatic carbocycles. The summed E-state index contributed by atoms with van der Waals surface area (Å²) >= 11 is 0. The van der Waals surface area contributed by atoms with Gasteiger partial charge in [-0.25, -0.2) is 9.59 Å². The third-order valence-electron chi connectivity index (χ3n) is 2.44. The molecule has 0 bridgehead atoms. The van der Waals surface area contributed by atoms with Crippen molar-refractivity contribution >= 4 is 29.7 Å². The smallest absolute Gasteiger partial charge is 0.333 e. The molecule has 10 nitrogen and oxygen atoms in total. The highest BCUT2D eigenvalue weighted by Gasteiger charge is 2.22. The number of esters is 2. The lowest BCUT2D eigenvalue weighted by molar-refractivity contribution is -0.151. The van der Waals surface area contributed by atoms with E-state index in [1.165, 1.54) is 0 Å². The van der Waals surface area contributed by atoms with Gasteiger partial charge in [0, 0.05) is 12.2 Å². The van der Waals surface area contributed by atoms with Gasteiger partial charge in [-0.05, 0) is 12.2 Å². The predicted molar refractivity (Wildman–Crippen MR) is 89.6 cm³/mol. The molecule has 2 atom stereocenters. The Morgan fingerprint density at radius 1 is 0.731 bits per heavy atom. The zero-order valence-corrected chi connectivity index (χ0v) is 13.9.